The fourth-order valence-electron chi connectivity index (χ4n) is 2.10. The van der Waals surface area contributed by atoms with Gasteiger partial charge in [0.05, 0.1) is 0 Å². The van der Waals surface area contributed by atoms with Crippen LogP contribution in [0.3, 0.4) is 0 Å². The lowest BCUT2D eigenvalue weighted by Crippen LogP contribution is -2.38. The van der Waals surface area contributed by atoms with Gasteiger partial charge in [-0.25, -0.2) is 13.6 Å². The molecule has 1 aromatic heterocycles. The fraction of sp³-hybridized carbons (Fsp3) is 0.615. The van der Waals surface area contributed by atoms with Gasteiger partial charge in [-0.05, 0) is 39.5 Å². The molecule has 0 saturated heterocycles. The number of hydrogen-bond acceptors (Lipinski definition) is 4. The molecule has 0 radical (unpaired) electrons. The third kappa shape index (κ3) is 3.21. The summed E-state index contributed by atoms with van der Waals surface area (Å²) in [6.07, 6.45) is 2.27. The third-order valence-electron chi connectivity index (χ3n) is 3.43. The van der Waals surface area contributed by atoms with Gasteiger partial charge in [0.15, 0.2) is 5.76 Å². The first-order valence-corrected chi connectivity index (χ1v) is 8.19. The van der Waals surface area contributed by atoms with Crippen LogP contribution in [0.1, 0.15) is 43.0 Å². The van der Waals surface area contributed by atoms with Gasteiger partial charge in [-0.15, -0.1) is 0 Å². The molecular formula is C13H20N2O4S. The molecule has 0 bridgehead atoms. The zero-order chi connectivity index (χ0) is 15.1. The first kappa shape index (κ1) is 15.1. The van der Waals surface area contributed by atoms with E-state index in [2.05, 4.69) is 0 Å². The van der Waals surface area contributed by atoms with Gasteiger partial charge < -0.3 is 9.32 Å². The second-order valence-electron chi connectivity index (χ2n) is 5.57. The normalized spacial score (nSPS) is 15.7. The van der Waals surface area contributed by atoms with Crippen LogP contribution in [0, 0.1) is 12.8 Å². The molecule has 0 aromatic carbocycles. The summed E-state index contributed by atoms with van der Waals surface area (Å²) in [7, 11) is -3.87. The van der Waals surface area contributed by atoms with Crippen LogP contribution < -0.4 is 5.14 Å². The Labute approximate surface area is 119 Å². The van der Waals surface area contributed by atoms with Crippen LogP contribution in [0.25, 0.3) is 0 Å². The van der Waals surface area contributed by atoms with Crippen LogP contribution in [0.5, 0.6) is 0 Å². The number of carbonyl (C=O) groups excluding carboxylic acids is 1. The lowest BCUT2D eigenvalue weighted by molar-refractivity contribution is 0.0662. The third-order valence-corrected chi connectivity index (χ3v) is 4.44. The maximum absolute atomic E-state index is 12.4. The van der Waals surface area contributed by atoms with E-state index in [4.69, 9.17) is 9.56 Å². The summed E-state index contributed by atoms with van der Waals surface area (Å²) in [5.41, 5.74) is 0. The summed E-state index contributed by atoms with van der Waals surface area (Å²) >= 11 is 0. The van der Waals surface area contributed by atoms with Crippen molar-refractivity contribution in [2.75, 3.05) is 6.54 Å². The summed E-state index contributed by atoms with van der Waals surface area (Å²) in [6.45, 7) is 6.02. The average Bonchev–Trinajstić information content (AvgIpc) is 3.04. The summed E-state index contributed by atoms with van der Waals surface area (Å²) in [5, 5.41) is 5.09. The number of sulfonamides is 1. The van der Waals surface area contributed by atoms with Gasteiger partial charge >= 0.3 is 0 Å². The molecule has 0 atom stereocenters. The van der Waals surface area contributed by atoms with Gasteiger partial charge in [-0.2, -0.15) is 0 Å². The topological polar surface area (TPSA) is 93.6 Å². The Balaban J connectivity index is 2.27. The van der Waals surface area contributed by atoms with Crippen molar-refractivity contribution >= 4 is 15.9 Å². The molecule has 1 aliphatic carbocycles. The summed E-state index contributed by atoms with van der Waals surface area (Å²) < 4.78 is 28.0. The number of rotatable bonds is 5. The first-order valence-electron chi connectivity index (χ1n) is 6.64. The van der Waals surface area contributed by atoms with Crippen LogP contribution in [-0.2, 0) is 10.0 Å². The molecule has 1 amide bonds. The number of nitrogens with zero attached hydrogens (tertiary/aromatic N) is 1. The fourth-order valence-corrected chi connectivity index (χ4v) is 2.82. The smallest absolute Gasteiger partial charge is 0.289 e. The second-order valence-corrected chi connectivity index (χ2v) is 7.10. The average molecular weight is 300 g/mol. The molecule has 0 aliphatic heterocycles. The van der Waals surface area contributed by atoms with Crippen molar-refractivity contribution < 1.29 is 17.6 Å². The minimum atomic E-state index is -3.87. The first-order chi connectivity index (χ1) is 9.20. The van der Waals surface area contributed by atoms with Crippen LogP contribution in [0.4, 0.5) is 0 Å². The molecule has 1 aliphatic rings. The van der Waals surface area contributed by atoms with E-state index >= 15 is 0 Å². The maximum atomic E-state index is 12.4. The van der Waals surface area contributed by atoms with Crippen LogP contribution in [0.2, 0.25) is 0 Å². The van der Waals surface area contributed by atoms with Crippen LogP contribution in [-0.4, -0.2) is 31.8 Å². The van der Waals surface area contributed by atoms with Crippen molar-refractivity contribution in [1.82, 2.24) is 4.90 Å². The molecule has 1 heterocycles. The number of hydrogen-bond donors (Lipinski definition) is 1. The molecule has 2 N–H and O–H groups in total. The molecule has 1 fully saturated rings. The molecule has 1 saturated carbocycles. The largest absolute Gasteiger partial charge is 0.455 e. The molecule has 112 valence electrons. The Morgan fingerprint density at radius 2 is 2.10 bits per heavy atom. The van der Waals surface area contributed by atoms with Crippen molar-refractivity contribution in [3.05, 3.63) is 17.6 Å². The van der Waals surface area contributed by atoms with Crippen molar-refractivity contribution in [3.63, 3.8) is 0 Å². The number of nitrogens with two attached hydrogens (primary N) is 1. The Hall–Kier alpha value is -1.34. The summed E-state index contributed by atoms with van der Waals surface area (Å²) in [5.74, 6) is 0.437. The van der Waals surface area contributed by atoms with Crippen molar-refractivity contribution in [2.45, 2.75) is 44.6 Å². The van der Waals surface area contributed by atoms with E-state index in [1.54, 1.807) is 4.90 Å². The summed E-state index contributed by atoms with van der Waals surface area (Å²) in [6, 6.07) is 1.25. The standard InChI is InChI=1S/C13H20N2O4S/c1-8(2)15(7-10-4-5-10)13(16)11-6-12(9(3)19-11)20(14,17)18/h6,8,10H,4-5,7H2,1-3H3,(H2,14,17,18). The maximum Gasteiger partial charge on any atom is 0.289 e. The molecule has 2 rings (SSSR count). The van der Waals surface area contributed by atoms with E-state index in [0.29, 0.717) is 12.5 Å². The minimum absolute atomic E-state index is 0.0286. The van der Waals surface area contributed by atoms with E-state index in [9.17, 15) is 13.2 Å². The molecule has 6 nitrogen and oxygen atoms in total. The molecule has 0 unspecified atom stereocenters. The zero-order valence-electron chi connectivity index (χ0n) is 11.9. The van der Waals surface area contributed by atoms with Gasteiger partial charge in [0.1, 0.15) is 10.7 Å². The van der Waals surface area contributed by atoms with Crippen molar-refractivity contribution in [2.24, 2.45) is 11.1 Å². The van der Waals surface area contributed by atoms with Gasteiger partial charge in [0.25, 0.3) is 5.91 Å². The van der Waals surface area contributed by atoms with E-state index in [1.165, 1.54) is 13.0 Å². The summed E-state index contributed by atoms with van der Waals surface area (Å²) in [4.78, 5) is 14.0. The monoisotopic (exact) mass is 300 g/mol. The SMILES string of the molecule is Cc1oc(C(=O)N(CC2CC2)C(C)C)cc1S(N)(=O)=O. The van der Waals surface area contributed by atoms with Crippen LogP contribution >= 0.6 is 0 Å². The number of carbonyl (C=O) groups is 1. The zero-order valence-corrected chi connectivity index (χ0v) is 12.7. The number of amides is 1. The highest BCUT2D eigenvalue weighted by atomic mass is 32.2. The lowest BCUT2D eigenvalue weighted by atomic mass is 10.2. The Kier molecular flexibility index (Phi) is 3.93. The highest BCUT2D eigenvalue weighted by Crippen LogP contribution is 2.31. The van der Waals surface area contributed by atoms with E-state index in [0.717, 1.165) is 12.8 Å². The highest BCUT2D eigenvalue weighted by Gasteiger charge is 2.31. The molecular weight excluding hydrogens is 280 g/mol. The minimum Gasteiger partial charge on any atom is -0.455 e. The molecule has 0 spiro atoms. The number of furan rings is 1. The predicted octanol–water partition coefficient (Wildman–Crippen LogP) is 1.50. The number of aryl methyl sites for hydroxylation is 1. The Morgan fingerprint density at radius 1 is 1.50 bits per heavy atom. The van der Waals surface area contributed by atoms with Crippen molar-refractivity contribution in [3.8, 4) is 0 Å². The molecule has 1 aromatic rings. The molecule has 7 heteroatoms. The quantitative estimate of drug-likeness (QED) is 0.891. The Morgan fingerprint density at radius 3 is 2.50 bits per heavy atom. The van der Waals surface area contributed by atoms with Crippen molar-refractivity contribution in [1.29, 1.82) is 0 Å². The van der Waals surface area contributed by atoms with Gasteiger partial charge in [0, 0.05) is 18.7 Å². The number of primary sulfonamides is 1. The van der Waals surface area contributed by atoms with Gasteiger partial charge in [0.2, 0.25) is 10.0 Å². The van der Waals surface area contributed by atoms with E-state index in [-0.39, 0.29) is 28.4 Å². The Bertz CT molecular complexity index is 614. The lowest BCUT2D eigenvalue weighted by Gasteiger charge is -2.25. The van der Waals surface area contributed by atoms with Gasteiger partial charge in [-0.1, -0.05) is 0 Å². The second kappa shape index (κ2) is 5.21. The van der Waals surface area contributed by atoms with E-state index < -0.39 is 10.0 Å². The molecule has 20 heavy (non-hydrogen) atoms. The van der Waals surface area contributed by atoms with Crippen LogP contribution in [0.15, 0.2) is 15.4 Å². The highest BCUT2D eigenvalue weighted by molar-refractivity contribution is 7.89. The van der Waals surface area contributed by atoms with Gasteiger partial charge in [-0.3, -0.25) is 4.79 Å². The van der Waals surface area contributed by atoms with E-state index in [1.807, 2.05) is 13.8 Å². The predicted molar refractivity (Wildman–Crippen MR) is 73.7 cm³/mol.